The molecular formula is C13H18N4. The second-order valence-electron chi connectivity index (χ2n) is 4.11. The average Bonchev–Trinajstić information content (AvgIpc) is 2.69. The number of anilines is 1. The molecular weight excluding hydrogens is 212 g/mol. The highest BCUT2D eigenvalue weighted by atomic mass is 15.3. The van der Waals surface area contributed by atoms with Crippen molar-refractivity contribution in [2.75, 3.05) is 5.73 Å². The van der Waals surface area contributed by atoms with Crippen molar-refractivity contribution in [3.8, 4) is 0 Å². The van der Waals surface area contributed by atoms with E-state index in [1.165, 1.54) is 5.56 Å². The third-order valence-electron chi connectivity index (χ3n) is 3.00. The summed E-state index contributed by atoms with van der Waals surface area (Å²) in [5.41, 5.74) is 7.95. The van der Waals surface area contributed by atoms with Crippen LogP contribution in [0.15, 0.2) is 24.3 Å². The van der Waals surface area contributed by atoms with Gasteiger partial charge in [0.2, 0.25) is 0 Å². The topological polar surface area (TPSA) is 56.7 Å². The second kappa shape index (κ2) is 4.99. The van der Waals surface area contributed by atoms with E-state index < -0.39 is 0 Å². The minimum atomic E-state index is 0.854. The molecule has 90 valence electrons. The largest absolute Gasteiger partial charge is 0.399 e. The average molecular weight is 230 g/mol. The molecule has 0 radical (unpaired) electrons. The molecule has 4 heteroatoms. The Labute approximate surface area is 101 Å². The highest BCUT2D eigenvalue weighted by molar-refractivity contribution is 5.46. The Balaban J connectivity index is 2.10. The summed E-state index contributed by atoms with van der Waals surface area (Å²) in [6.45, 7) is 5.01. The summed E-state index contributed by atoms with van der Waals surface area (Å²) in [5, 5.41) is 8.31. The SMILES string of the molecule is CCn1c(C)nnc1CCc1ccccc1N. The maximum atomic E-state index is 5.92. The van der Waals surface area contributed by atoms with Crippen LogP contribution in [-0.4, -0.2) is 14.8 Å². The number of rotatable bonds is 4. The van der Waals surface area contributed by atoms with Crippen LogP contribution in [-0.2, 0) is 19.4 Å². The van der Waals surface area contributed by atoms with Crippen LogP contribution < -0.4 is 5.73 Å². The Morgan fingerprint density at radius 1 is 1.18 bits per heavy atom. The van der Waals surface area contributed by atoms with E-state index in [9.17, 15) is 0 Å². The Hall–Kier alpha value is -1.84. The molecule has 0 aliphatic rings. The lowest BCUT2D eigenvalue weighted by Gasteiger charge is -2.06. The van der Waals surface area contributed by atoms with Crippen molar-refractivity contribution in [1.29, 1.82) is 0 Å². The van der Waals surface area contributed by atoms with Crippen molar-refractivity contribution in [3.05, 3.63) is 41.5 Å². The number of benzene rings is 1. The Bertz CT molecular complexity index is 502. The first kappa shape index (κ1) is 11.6. The van der Waals surface area contributed by atoms with E-state index in [0.29, 0.717) is 0 Å². The van der Waals surface area contributed by atoms with E-state index in [2.05, 4.69) is 27.8 Å². The van der Waals surface area contributed by atoms with Crippen LogP contribution in [0, 0.1) is 6.92 Å². The third-order valence-corrected chi connectivity index (χ3v) is 3.00. The fraction of sp³-hybridized carbons (Fsp3) is 0.385. The first-order valence-electron chi connectivity index (χ1n) is 5.94. The molecule has 1 aromatic carbocycles. The molecule has 0 unspecified atom stereocenters. The summed E-state index contributed by atoms with van der Waals surface area (Å²) in [7, 11) is 0. The molecule has 2 rings (SSSR count). The molecule has 4 nitrogen and oxygen atoms in total. The van der Waals surface area contributed by atoms with Crippen LogP contribution in [0.4, 0.5) is 5.69 Å². The number of nitrogens with two attached hydrogens (primary N) is 1. The lowest BCUT2D eigenvalue weighted by atomic mass is 10.1. The Morgan fingerprint density at radius 3 is 2.65 bits per heavy atom. The zero-order valence-electron chi connectivity index (χ0n) is 10.3. The van der Waals surface area contributed by atoms with Gasteiger partial charge >= 0.3 is 0 Å². The number of nitrogen functional groups attached to an aromatic ring is 1. The van der Waals surface area contributed by atoms with Gasteiger partial charge in [0, 0.05) is 18.7 Å². The van der Waals surface area contributed by atoms with Gasteiger partial charge in [-0.05, 0) is 31.9 Å². The maximum absolute atomic E-state index is 5.92. The first-order valence-corrected chi connectivity index (χ1v) is 5.94. The van der Waals surface area contributed by atoms with E-state index in [1.54, 1.807) is 0 Å². The lowest BCUT2D eigenvalue weighted by Crippen LogP contribution is -2.06. The summed E-state index contributed by atoms with van der Waals surface area (Å²) in [6.07, 6.45) is 1.79. The Kier molecular flexibility index (Phi) is 3.42. The molecule has 2 N–H and O–H groups in total. The van der Waals surface area contributed by atoms with Crippen molar-refractivity contribution in [2.24, 2.45) is 0 Å². The maximum Gasteiger partial charge on any atom is 0.133 e. The van der Waals surface area contributed by atoms with Gasteiger partial charge in [-0.3, -0.25) is 0 Å². The zero-order valence-corrected chi connectivity index (χ0v) is 10.3. The Morgan fingerprint density at radius 2 is 1.94 bits per heavy atom. The number of hydrogen-bond acceptors (Lipinski definition) is 3. The second-order valence-corrected chi connectivity index (χ2v) is 4.11. The molecule has 2 aromatic rings. The normalized spacial score (nSPS) is 10.7. The number of nitrogens with zero attached hydrogens (tertiary/aromatic N) is 3. The quantitative estimate of drug-likeness (QED) is 0.817. The van der Waals surface area contributed by atoms with E-state index in [1.807, 2.05) is 25.1 Å². The van der Waals surface area contributed by atoms with Crippen LogP contribution in [0.2, 0.25) is 0 Å². The van der Waals surface area contributed by atoms with E-state index in [4.69, 9.17) is 5.73 Å². The third kappa shape index (κ3) is 2.46. The standard InChI is InChI=1S/C13H18N4/c1-3-17-10(2)15-16-13(17)9-8-11-6-4-5-7-12(11)14/h4-7H,3,8-9,14H2,1-2H3. The molecule has 0 amide bonds. The summed E-state index contributed by atoms with van der Waals surface area (Å²) in [6, 6.07) is 7.97. The van der Waals surface area contributed by atoms with Crippen molar-refractivity contribution in [1.82, 2.24) is 14.8 Å². The van der Waals surface area contributed by atoms with Gasteiger partial charge in [0.25, 0.3) is 0 Å². The van der Waals surface area contributed by atoms with Gasteiger partial charge in [-0.15, -0.1) is 10.2 Å². The lowest BCUT2D eigenvalue weighted by molar-refractivity contribution is 0.672. The van der Waals surface area contributed by atoms with Crippen molar-refractivity contribution in [3.63, 3.8) is 0 Å². The molecule has 0 aliphatic carbocycles. The van der Waals surface area contributed by atoms with Crippen LogP contribution >= 0.6 is 0 Å². The summed E-state index contributed by atoms with van der Waals surface area (Å²) < 4.78 is 2.14. The monoisotopic (exact) mass is 230 g/mol. The van der Waals surface area contributed by atoms with Gasteiger partial charge in [0.1, 0.15) is 11.6 Å². The van der Waals surface area contributed by atoms with Crippen LogP contribution in [0.5, 0.6) is 0 Å². The molecule has 0 aliphatic heterocycles. The zero-order chi connectivity index (χ0) is 12.3. The smallest absolute Gasteiger partial charge is 0.133 e. The van der Waals surface area contributed by atoms with Crippen LogP contribution in [0.1, 0.15) is 24.1 Å². The van der Waals surface area contributed by atoms with Crippen LogP contribution in [0.25, 0.3) is 0 Å². The number of aromatic nitrogens is 3. The highest BCUT2D eigenvalue weighted by Gasteiger charge is 2.07. The predicted molar refractivity (Wildman–Crippen MR) is 68.7 cm³/mol. The molecule has 17 heavy (non-hydrogen) atoms. The van der Waals surface area contributed by atoms with E-state index in [-0.39, 0.29) is 0 Å². The van der Waals surface area contributed by atoms with Gasteiger partial charge in [-0.2, -0.15) is 0 Å². The van der Waals surface area contributed by atoms with Crippen molar-refractivity contribution in [2.45, 2.75) is 33.2 Å². The summed E-state index contributed by atoms with van der Waals surface area (Å²) >= 11 is 0. The van der Waals surface area contributed by atoms with Gasteiger partial charge < -0.3 is 10.3 Å². The molecule has 0 atom stereocenters. The van der Waals surface area contributed by atoms with Crippen LogP contribution in [0.3, 0.4) is 0 Å². The fourth-order valence-corrected chi connectivity index (χ4v) is 2.03. The molecule has 0 bridgehead atoms. The summed E-state index contributed by atoms with van der Waals surface area (Å²) in [5.74, 6) is 2.01. The molecule has 0 fully saturated rings. The predicted octanol–water partition coefficient (Wildman–Crippen LogP) is 1.97. The van der Waals surface area contributed by atoms with E-state index >= 15 is 0 Å². The molecule has 1 heterocycles. The van der Waals surface area contributed by atoms with Crippen molar-refractivity contribution < 1.29 is 0 Å². The van der Waals surface area contributed by atoms with E-state index in [0.717, 1.165) is 36.7 Å². The first-order chi connectivity index (χ1) is 8.22. The highest BCUT2D eigenvalue weighted by Crippen LogP contribution is 2.13. The minimum Gasteiger partial charge on any atom is -0.399 e. The number of hydrogen-bond donors (Lipinski definition) is 1. The van der Waals surface area contributed by atoms with Crippen molar-refractivity contribution >= 4 is 5.69 Å². The van der Waals surface area contributed by atoms with Gasteiger partial charge in [-0.1, -0.05) is 18.2 Å². The number of para-hydroxylation sites is 1. The number of aryl methyl sites for hydroxylation is 3. The van der Waals surface area contributed by atoms with Gasteiger partial charge in [-0.25, -0.2) is 0 Å². The fourth-order valence-electron chi connectivity index (χ4n) is 2.03. The molecule has 1 aromatic heterocycles. The minimum absolute atomic E-state index is 0.854. The summed E-state index contributed by atoms with van der Waals surface area (Å²) in [4.78, 5) is 0. The molecule has 0 spiro atoms. The molecule has 0 saturated heterocycles. The van der Waals surface area contributed by atoms with Gasteiger partial charge in [0.05, 0.1) is 0 Å². The molecule has 0 saturated carbocycles. The van der Waals surface area contributed by atoms with Gasteiger partial charge in [0.15, 0.2) is 0 Å².